The number of hydrogen-bond acceptors (Lipinski definition) is 5. The Morgan fingerprint density at radius 3 is 1.95 bits per heavy atom. The van der Waals surface area contributed by atoms with E-state index in [1.807, 2.05) is 34.6 Å². The number of carbonyl (C=O) groups excluding carboxylic acids is 1. The van der Waals surface area contributed by atoms with Crippen LogP contribution in [0, 0.1) is 17.3 Å². The maximum atomic E-state index is 13.9. The molecule has 248 valence electrons. The van der Waals surface area contributed by atoms with Gasteiger partial charge < -0.3 is 19.0 Å². The highest BCUT2D eigenvalue weighted by Gasteiger charge is 2.51. The van der Waals surface area contributed by atoms with Crippen molar-refractivity contribution in [2.24, 2.45) is 17.3 Å². The predicted octanol–water partition coefficient (Wildman–Crippen LogP) is 7.92. The van der Waals surface area contributed by atoms with Gasteiger partial charge in [-0.2, -0.15) is 0 Å². The van der Waals surface area contributed by atoms with Gasteiger partial charge in [0, 0.05) is 12.0 Å². The maximum Gasteiger partial charge on any atom is 0.261 e. The smallest absolute Gasteiger partial charge is 0.261 e. The summed E-state index contributed by atoms with van der Waals surface area (Å²) < 4.78 is 19.1. The molecule has 1 heterocycles. The van der Waals surface area contributed by atoms with Crippen LogP contribution in [0.25, 0.3) is 0 Å². The summed E-state index contributed by atoms with van der Waals surface area (Å²) in [5, 5.41) is 14.0. The topological polar surface area (TPSA) is 65.0 Å². The molecule has 1 fully saturated rings. The molecule has 44 heavy (non-hydrogen) atoms. The minimum atomic E-state index is -2.61. The zero-order valence-electron chi connectivity index (χ0n) is 28.5. The van der Waals surface area contributed by atoms with Crippen LogP contribution in [0.5, 0.6) is 0 Å². The van der Waals surface area contributed by atoms with E-state index in [2.05, 4.69) is 95.3 Å². The number of hydrogen-bond donors (Lipinski definition) is 1. The Hall–Kier alpha value is -1.83. The van der Waals surface area contributed by atoms with Gasteiger partial charge in [0.1, 0.15) is 5.78 Å². The monoisotopic (exact) mass is 626 g/mol. The lowest BCUT2D eigenvalue weighted by Gasteiger charge is -2.45. The first kappa shape index (κ1) is 38.4. The summed E-state index contributed by atoms with van der Waals surface area (Å²) in [6, 6.07) is 21.5. The molecule has 1 N–H and O–H groups in total. The van der Waals surface area contributed by atoms with Gasteiger partial charge in [0.25, 0.3) is 8.32 Å². The van der Waals surface area contributed by atoms with E-state index in [1.165, 1.54) is 10.4 Å². The van der Waals surface area contributed by atoms with Crippen molar-refractivity contribution >= 4 is 24.5 Å². The molecule has 1 aliphatic rings. The number of aliphatic hydroxyl groups excluding tert-OH is 1. The summed E-state index contributed by atoms with van der Waals surface area (Å²) in [7, 11) is -2.61. The summed E-state index contributed by atoms with van der Waals surface area (Å²) in [5.41, 5.74) is -0.708. The van der Waals surface area contributed by atoms with Crippen LogP contribution in [0.4, 0.5) is 0 Å². The van der Waals surface area contributed by atoms with E-state index in [4.69, 9.17) is 13.9 Å². The Labute approximate surface area is 270 Å². The third-order valence-electron chi connectivity index (χ3n) is 9.53. The fourth-order valence-corrected chi connectivity index (χ4v) is 11.7. The van der Waals surface area contributed by atoms with E-state index in [-0.39, 0.29) is 36.4 Å². The molecule has 2 aromatic carbocycles. The van der Waals surface area contributed by atoms with Crippen LogP contribution in [-0.2, 0) is 18.7 Å². The SMILES string of the molecule is C.CC[C@@H](C(=O)C(C)(C)[C@@H]1CCOC(C)(C)O1)[C@@H](O)[C@@H](C)CCCC(C)O[Si](c1ccccc1)(c1ccccc1)C(C)(C)C. The zero-order chi connectivity index (χ0) is 32.1. The molecular weight excluding hydrogens is 564 g/mol. The minimum absolute atomic E-state index is 0. The van der Waals surface area contributed by atoms with E-state index in [0.29, 0.717) is 19.4 Å². The van der Waals surface area contributed by atoms with Crippen molar-refractivity contribution in [3.05, 3.63) is 60.7 Å². The molecule has 1 unspecified atom stereocenters. The summed E-state index contributed by atoms with van der Waals surface area (Å²) in [6.45, 7) is 21.5. The van der Waals surface area contributed by atoms with Crippen LogP contribution in [-0.4, -0.2) is 49.9 Å². The number of benzene rings is 2. The average Bonchev–Trinajstić information content (AvgIpc) is 2.95. The lowest BCUT2D eigenvalue weighted by atomic mass is 9.71. The molecule has 0 aliphatic carbocycles. The Morgan fingerprint density at radius 2 is 1.50 bits per heavy atom. The van der Waals surface area contributed by atoms with Gasteiger partial charge in [0.2, 0.25) is 0 Å². The van der Waals surface area contributed by atoms with Crippen molar-refractivity contribution in [2.75, 3.05) is 6.61 Å². The average molecular weight is 627 g/mol. The Morgan fingerprint density at radius 1 is 0.977 bits per heavy atom. The van der Waals surface area contributed by atoms with E-state index in [0.717, 1.165) is 19.3 Å². The number of ether oxygens (including phenoxy) is 2. The van der Waals surface area contributed by atoms with Crippen LogP contribution < -0.4 is 10.4 Å². The molecule has 5 nitrogen and oxygen atoms in total. The molecule has 1 saturated heterocycles. The van der Waals surface area contributed by atoms with Gasteiger partial charge in [-0.15, -0.1) is 0 Å². The van der Waals surface area contributed by atoms with E-state index < -0.39 is 31.5 Å². The van der Waals surface area contributed by atoms with Gasteiger partial charge in [-0.1, -0.05) is 123 Å². The third-order valence-corrected chi connectivity index (χ3v) is 14.7. The highest BCUT2D eigenvalue weighted by Crippen LogP contribution is 2.40. The van der Waals surface area contributed by atoms with Gasteiger partial charge in [0.05, 0.1) is 24.2 Å². The number of carbonyl (C=O) groups is 1. The molecule has 5 atom stereocenters. The Bertz CT molecular complexity index is 1100. The molecule has 0 bridgehead atoms. The Balaban J connectivity index is 0.00000675. The maximum absolute atomic E-state index is 13.9. The fraction of sp³-hybridized carbons (Fsp3) is 0.658. The molecule has 0 radical (unpaired) electrons. The first-order chi connectivity index (χ1) is 20.1. The van der Waals surface area contributed by atoms with Crippen LogP contribution in [0.15, 0.2) is 60.7 Å². The standard InChI is InChI=1S/C37H58O5Si.CH4/c1-11-31(34(39)36(7,8)32-25-26-40-37(9,10)41-32)33(38)27(2)19-18-20-28(3)42-43(35(4,5)6,29-21-14-12-15-22-29)30-23-16-13-17-24-30;/h12-17,21-24,27-28,31-33,38H,11,18-20,25-26H2,1-10H3;1H4/t27-,28?,31+,32-,33-;/m0./s1. The first-order valence-electron chi connectivity index (χ1n) is 16.4. The molecule has 1 aliphatic heterocycles. The molecule has 6 heteroatoms. The lowest BCUT2D eigenvalue weighted by molar-refractivity contribution is -0.289. The molecule has 0 saturated carbocycles. The van der Waals surface area contributed by atoms with Crippen LogP contribution in [0.2, 0.25) is 5.04 Å². The third kappa shape index (κ3) is 8.70. The van der Waals surface area contributed by atoms with Crippen molar-refractivity contribution in [3.63, 3.8) is 0 Å². The van der Waals surface area contributed by atoms with Crippen molar-refractivity contribution < 1.29 is 23.8 Å². The van der Waals surface area contributed by atoms with E-state index >= 15 is 0 Å². The summed E-state index contributed by atoms with van der Waals surface area (Å²) >= 11 is 0. The highest BCUT2D eigenvalue weighted by atomic mass is 28.4. The minimum Gasteiger partial charge on any atom is -0.405 e. The largest absolute Gasteiger partial charge is 0.405 e. The zero-order valence-corrected chi connectivity index (χ0v) is 29.5. The quantitative estimate of drug-likeness (QED) is 0.216. The highest BCUT2D eigenvalue weighted by molar-refractivity contribution is 6.99. The van der Waals surface area contributed by atoms with E-state index in [9.17, 15) is 9.90 Å². The lowest BCUT2D eigenvalue weighted by Crippen LogP contribution is -2.67. The predicted molar refractivity (Wildman–Crippen MR) is 186 cm³/mol. The van der Waals surface area contributed by atoms with Crippen molar-refractivity contribution in [1.29, 1.82) is 0 Å². The van der Waals surface area contributed by atoms with Gasteiger partial charge in [-0.05, 0) is 67.8 Å². The second kappa shape index (κ2) is 15.6. The van der Waals surface area contributed by atoms with Gasteiger partial charge in [-0.3, -0.25) is 4.79 Å². The van der Waals surface area contributed by atoms with Crippen LogP contribution >= 0.6 is 0 Å². The Kier molecular flexibility index (Phi) is 13.6. The summed E-state index contributed by atoms with van der Waals surface area (Å²) in [4.78, 5) is 13.9. The number of Topliss-reactive ketones (excluding diaryl/α,β-unsaturated/α-hetero) is 1. The molecule has 0 amide bonds. The normalized spacial score (nSPS) is 20.2. The van der Waals surface area contributed by atoms with Gasteiger partial charge in [0.15, 0.2) is 5.79 Å². The molecule has 3 rings (SSSR count). The van der Waals surface area contributed by atoms with Crippen LogP contribution in [0.3, 0.4) is 0 Å². The molecule has 0 aromatic heterocycles. The number of aliphatic hydroxyl groups is 1. The van der Waals surface area contributed by atoms with Crippen molar-refractivity contribution in [1.82, 2.24) is 0 Å². The molecule has 2 aromatic rings. The summed E-state index contributed by atoms with van der Waals surface area (Å²) in [5.74, 6) is -1.05. The summed E-state index contributed by atoms with van der Waals surface area (Å²) in [6.07, 6.45) is 3.04. The van der Waals surface area contributed by atoms with Gasteiger partial charge >= 0.3 is 0 Å². The second-order valence-electron chi connectivity index (χ2n) is 14.7. The van der Waals surface area contributed by atoms with Gasteiger partial charge in [-0.25, -0.2) is 0 Å². The second-order valence-corrected chi connectivity index (χ2v) is 19.0. The fourth-order valence-electron chi connectivity index (χ4n) is 6.92. The van der Waals surface area contributed by atoms with Crippen molar-refractivity contribution in [2.45, 2.75) is 138 Å². The number of ketones is 1. The van der Waals surface area contributed by atoms with Crippen molar-refractivity contribution in [3.8, 4) is 0 Å². The first-order valence-corrected chi connectivity index (χ1v) is 18.3. The molecular formula is C38H62O5Si. The number of rotatable bonds is 14. The van der Waals surface area contributed by atoms with Crippen LogP contribution in [0.1, 0.15) is 109 Å². The molecule has 0 spiro atoms. The van der Waals surface area contributed by atoms with E-state index in [1.54, 1.807) is 0 Å².